The lowest BCUT2D eigenvalue weighted by Gasteiger charge is -2.19. The van der Waals surface area contributed by atoms with Crippen LogP contribution in [0.1, 0.15) is 13.3 Å². The van der Waals surface area contributed by atoms with Gasteiger partial charge in [0.2, 0.25) is 6.49 Å². The first-order valence-electron chi connectivity index (χ1n) is 4.92. The van der Waals surface area contributed by atoms with Gasteiger partial charge in [-0.3, -0.25) is 0 Å². The minimum atomic E-state index is -2.31. The van der Waals surface area contributed by atoms with Gasteiger partial charge in [0.15, 0.2) is 0 Å². The maximum atomic E-state index is 6.07. The molecule has 0 aliphatic rings. The monoisotopic (exact) mass is 424 g/mol. The second-order valence-corrected chi connectivity index (χ2v) is 9.34. The first kappa shape index (κ1) is 16.0. The molecule has 0 fully saturated rings. The molecule has 2 nitrogen and oxygen atoms in total. The largest absolute Gasteiger partial charge is 0.442 e. The van der Waals surface area contributed by atoms with Gasteiger partial charge < -0.3 is 9.05 Å². The van der Waals surface area contributed by atoms with Gasteiger partial charge in [-0.05, 0) is 46.9 Å². The smallest absolute Gasteiger partial charge is 0.235 e. The Bertz CT molecular complexity index is 456. The Labute approximate surface area is 130 Å². The van der Waals surface area contributed by atoms with Crippen LogP contribution in [0, 0.1) is 3.57 Å². The molecule has 0 bridgehead atoms. The average molecular weight is 425 g/mol. The van der Waals surface area contributed by atoms with Gasteiger partial charge in [0.1, 0.15) is 5.75 Å². The maximum Gasteiger partial charge on any atom is 0.235 e. The molecule has 7 heteroatoms. The van der Waals surface area contributed by atoms with E-state index in [1.54, 1.807) is 18.8 Å². The molecule has 96 valence electrons. The third-order valence-electron chi connectivity index (χ3n) is 1.77. The van der Waals surface area contributed by atoms with Crippen molar-refractivity contribution in [3.8, 4) is 5.75 Å². The van der Waals surface area contributed by atoms with Crippen molar-refractivity contribution in [3.05, 3.63) is 25.7 Å². The van der Waals surface area contributed by atoms with Crippen LogP contribution in [0.3, 0.4) is 0 Å². The molecular formula is C10H12Cl2IO2PS. The zero-order valence-corrected chi connectivity index (χ0v) is 14.8. The predicted octanol–water partition coefficient (Wildman–Crippen LogP) is 5.34. The summed E-state index contributed by atoms with van der Waals surface area (Å²) in [5.41, 5.74) is 0. The third-order valence-corrected chi connectivity index (χ3v) is 5.31. The molecule has 0 heterocycles. The molecular weight excluding hydrogens is 413 g/mol. The maximum absolute atomic E-state index is 6.07. The molecule has 1 rings (SSSR count). The van der Waals surface area contributed by atoms with Crippen LogP contribution >= 0.6 is 52.3 Å². The van der Waals surface area contributed by atoms with Crippen LogP contribution in [-0.2, 0) is 16.3 Å². The van der Waals surface area contributed by atoms with Gasteiger partial charge in [0.05, 0.1) is 16.7 Å². The van der Waals surface area contributed by atoms with E-state index in [0.717, 1.165) is 9.99 Å². The molecule has 1 atom stereocenters. The molecule has 0 aromatic heterocycles. The van der Waals surface area contributed by atoms with Crippen molar-refractivity contribution in [1.82, 2.24) is 0 Å². The van der Waals surface area contributed by atoms with E-state index in [9.17, 15) is 0 Å². The number of halogens is 3. The molecule has 1 unspecified atom stereocenters. The topological polar surface area (TPSA) is 18.5 Å². The second-order valence-electron chi connectivity index (χ2n) is 3.39. The zero-order chi connectivity index (χ0) is 13.1. The number of hydrogen-bond acceptors (Lipinski definition) is 3. The highest BCUT2D eigenvalue weighted by atomic mass is 127. The SMILES string of the molecule is CCCOP(C)(=S)Oc1cc(Cl)c(I)cc1Cl. The molecule has 0 saturated carbocycles. The van der Waals surface area contributed by atoms with Gasteiger partial charge in [-0.2, -0.15) is 0 Å². The molecule has 0 aliphatic carbocycles. The highest BCUT2D eigenvalue weighted by molar-refractivity contribution is 14.1. The summed E-state index contributed by atoms with van der Waals surface area (Å²) < 4.78 is 12.0. The lowest BCUT2D eigenvalue weighted by molar-refractivity contribution is 0.315. The molecule has 0 amide bonds. The Kier molecular flexibility index (Phi) is 6.51. The van der Waals surface area contributed by atoms with Crippen molar-refractivity contribution in [2.45, 2.75) is 13.3 Å². The molecule has 0 aliphatic heterocycles. The number of benzene rings is 1. The third kappa shape index (κ3) is 5.21. The molecule has 0 N–H and O–H groups in total. The molecule has 1 aromatic carbocycles. The van der Waals surface area contributed by atoms with Crippen molar-refractivity contribution < 1.29 is 9.05 Å². The summed E-state index contributed by atoms with van der Waals surface area (Å²) >= 11 is 19.5. The first-order valence-corrected chi connectivity index (χ1v) is 9.84. The van der Waals surface area contributed by atoms with Crippen LogP contribution < -0.4 is 4.52 Å². The van der Waals surface area contributed by atoms with Gasteiger partial charge in [-0.1, -0.05) is 30.1 Å². The first-order chi connectivity index (χ1) is 7.85. The van der Waals surface area contributed by atoms with Crippen molar-refractivity contribution in [3.63, 3.8) is 0 Å². The van der Waals surface area contributed by atoms with E-state index >= 15 is 0 Å². The highest BCUT2D eigenvalue weighted by Gasteiger charge is 2.16. The second kappa shape index (κ2) is 6.92. The van der Waals surface area contributed by atoms with Gasteiger partial charge in [0, 0.05) is 16.3 Å². The summed E-state index contributed by atoms with van der Waals surface area (Å²) in [6, 6.07) is 3.42. The quantitative estimate of drug-likeness (QED) is 0.361. The number of hydrogen-bond donors (Lipinski definition) is 0. The van der Waals surface area contributed by atoms with E-state index in [0.29, 0.717) is 22.4 Å². The fraction of sp³-hybridized carbons (Fsp3) is 0.400. The fourth-order valence-electron chi connectivity index (χ4n) is 1.04. The van der Waals surface area contributed by atoms with Gasteiger partial charge in [-0.25, -0.2) is 0 Å². The van der Waals surface area contributed by atoms with Crippen LogP contribution in [0.15, 0.2) is 12.1 Å². The van der Waals surface area contributed by atoms with Crippen molar-refractivity contribution in [2.24, 2.45) is 0 Å². The highest BCUT2D eigenvalue weighted by Crippen LogP contribution is 2.47. The van der Waals surface area contributed by atoms with Crippen LogP contribution in [-0.4, -0.2) is 13.3 Å². The van der Waals surface area contributed by atoms with E-state index in [-0.39, 0.29) is 0 Å². The Morgan fingerprint density at radius 2 is 2.00 bits per heavy atom. The molecule has 1 aromatic rings. The van der Waals surface area contributed by atoms with E-state index in [1.807, 2.05) is 6.92 Å². The molecule has 0 saturated heterocycles. The molecule has 17 heavy (non-hydrogen) atoms. The minimum Gasteiger partial charge on any atom is -0.442 e. The molecule has 0 radical (unpaired) electrons. The van der Waals surface area contributed by atoms with Crippen LogP contribution in [0.2, 0.25) is 10.0 Å². The molecule has 0 spiro atoms. The summed E-state index contributed by atoms with van der Waals surface area (Å²) in [6.07, 6.45) is 0.900. The normalized spacial score (nSPS) is 14.4. The van der Waals surface area contributed by atoms with Gasteiger partial charge in [-0.15, -0.1) is 0 Å². The van der Waals surface area contributed by atoms with E-state index in [1.165, 1.54) is 0 Å². The van der Waals surface area contributed by atoms with Crippen LogP contribution in [0.25, 0.3) is 0 Å². The standard InChI is InChI=1S/C10H12Cl2IO2PS/c1-3-4-14-16(2,17)15-10-6-7(11)9(13)5-8(10)12/h5-6H,3-4H2,1-2H3. The van der Waals surface area contributed by atoms with Crippen molar-refractivity contribution in [2.75, 3.05) is 13.3 Å². The fourth-order valence-corrected chi connectivity index (χ4v) is 3.64. The average Bonchev–Trinajstić information content (AvgIpc) is 2.23. The van der Waals surface area contributed by atoms with E-state index in [2.05, 4.69) is 22.6 Å². The Morgan fingerprint density at radius 3 is 2.59 bits per heavy atom. The van der Waals surface area contributed by atoms with E-state index < -0.39 is 6.49 Å². The lowest BCUT2D eigenvalue weighted by Crippen LogP contribution is -1.98. The summed E-state index contributed by atoms with van der Waals surface area (Å²) in [5, 5.41) is 1.09. The summed E-state index contributed by atoms with van der Waals surface area (Å²) in [4.78, 5) is 0. The summed E-state index contributed by atoms with van der Waals surface area (Å²) in [5.74, 6) is 0.485. The summed E-state index contributed by atoms with van der Waals surface area (Å²) in [7, 11) is 0. The summed E-state index contributed by atoms with van der Waals surface area (Å²) in [6.45, 7) is 2.08. The Balaban J connectivity index is 2.88. The van der Waals surface area contributed by atoms with Crippen molar-refractivity contribution >= 4 is 64.1 Å². The van der Waals surface area contributed by atoms with Crippen LogP contribution in [0.5, 0.6) is 5.75 Å². The Hall–Kier alpha value is 0.940. The lowest BCUT2D eigenvalue weighted by atomic mass is 10.3. The Morgan fingerprint density at radius 1 is 1.35 bits per heavy atom. The van der Waals surface area contributed by atoms with Crippen molar-refractivity contribution in [1.29, 1.82) is 0 Å². The number of rotatable bonds is 5. The van der Waals surface area contributed by atoms with E-state index in [4.69, 9.17) is 44.1 Å². The van der Waals surface area contributed by atoms with Gasteiger partial charge in [0.25, 0.3) is 0 Å². The van der Waals surface area contributed by atoms with Gasteiger partial charge >= 0.3 is 0 Å². The minimum absolute atomic E-state index is 0.485. The predicted molar refractivity (Wildman–Crippen MR) is 86.3 cm³/mol. The van der Waals surface area contributed by atoms with Crippen LogP contribution in [0.4, 0.5) is 0 Å². The zero-order valence-electron chi connectivity index (χ0n) is 9.37.